The lowest BCUT2D eigenvalue weighted by atomic mass is 10.1. The molecule has 0 aliphatic rings. The summed E-state index contributed by atoms with van der Waals surface area (Å²) in [7, 11) is 1.61. The summed E-state index contributed by atoms with van der Waals surface area (Å²) in [5, 5.41) is 4.86. The molecule has 0 bridgehead atoms. The minimum absolute atomic E-state index is 0.117. The van der Waals surface area contributed by atoms with E-state index in [0.29, 0.717) is 17.2 Å². The van der Waals surface area contributed by atoms with Crippen LogP contribution in [0.4, 0.5) is 0 Å². The molecule has 7 heteroatoms. The first kappa shape index (κ1) is 19.8. The van der Waals surface area contributed by atoms with E-state index in [-0.39, 0.29) is 5.91 Å². The summed E-state index contributed by atoms with van der Waals surface area (Å²) in [4.78, 5) is 13.0. The first-order valence-electron chi connectivity index (χ1n) is 7.55. The minimum atomic E-state index is -0.117. The smallest absolute Gasteiger partial charge is 0.240 e. The monoisotopic (exact) mass is 440 g/mol. The summed E-state index contributed by atoms with van der Waals surface area (Å²) < 4.78 is 6.04. The molecule has 4 nitrogen and oxygen atoms in total. The molecule has 0 spiro atoms. The molecule has 2 aromatic carbocycles. The molecular weight excluding hydrogens is 424 g/mol. The van der Waals surface area contributed by atoms with Crippen LogP contribution in [0.15, 0.2) is 56.9 Å². The molecule has 0 saturated carbocycles. The highest BCUT2D eigenvalue weighted by Gasteiger charge is 2.05. The molecule has 0 aliphatic heterocycles. The Hall–Kier alpha value is -1.50. The predicted molar refractivity (Wildman–Crippen MR) is 108 cm³/mol. The molecule has 0 saturated heterocycles. The van der Waals surface area contributed by atoms with Gasteiger partial charge in [0, 0.05) is 22.1 Å². The summed E-state index contributed by atoms with van der Waals surface area (Å²) in [5.41, 5.74) is 4.22. The van der Waals surface area contributed by atoms with Crippen molar-refractivity contribution in [3.8, 4) is 5.75 Å². The van der Waals surface area contributed by atoms with Crippen LogP contribution in [-0.4, -0.2) is 24.5 Å². The van der Waals surface area contributed by atoms with Crippen molar-refractivity contribution in [3.63, 3.8) is 0 Å². The average molecular weight is 442 g/mol. The van der Waals surface area contributed by atoms with Crippen molar-refractivity contribution in [2.45, 2.75) is 18.2 Å². The van der Waals surface area contributed by atoms with E-state index in [1.54, 1.807) is 18.9 Å². The van der Waals surface area contributed by atoms with Crippen molar-refractivity contribution < 1.29 is 9.53 Å². The fourth-order valence-corrected chi connectivity index (χ4v) is 3.47. The van der Waals surface area contributed by atoms with E-state index >= 15 is 0 Å². The highest BCUT2D eigenvalue weighted by molar-refractivity contribution is 9.10. The van der Waals surface area contributed by atoms with Gasteiger partial charge in [0.2, 0.25) is 5.91 Å². The van der Waals surface area contributed by atoms with Crippen molar-refractivity contribution >= 4 is 50.9 Å². The Bertz CT molecular complexity index is 766. The van der Waals surface area contributed by atoms with Gasteiger partial charge in [0.25, 0.3) is 0 Å². The number of halogens is 2. The lowest BCUT2D eigenvalue weighted by molar-refractivity contribution is -0.120. The summed E-state index contributed by atoms with van der Waals surface area (Å²) in [6, 6.07) is 13.2. The van der Waals surface area contributed by atoms with Crippen LogP contribution in [0.2, 0.25) is 5.02 Å². The maximum absolute atomic E-state index is 11.9. The van der Waals surface area contributed by atoms with Gasteiger partial charge in [-0.2, -0.15) is 5.10 Å². The molecule has 0 unspecified atom stereocenters. The summed E-state index contributed by atoms with van der Waals surface area (Å²) in [6.45, 7) is 1.84. The number of ether oxygens (including phenoxy) is 1. The van der Waals surface area contributed by atoms with Crippen molar-refractivity contribution in [2.24, 2.45) is 5.10 Å². The number of hydrogen-bond acceptors (Lipinski definition) is 4. The molecule has 0 radical (unpaired) electrons. The number of methoxy groups -OCH3 is 1. The molecule has 0 aliphatic carbocycles. The second-order valence-corrected chi connectivity index (χ2v) is 7.59. The average Bonchev–Trinajstić information content (AvgIpc) is 2.61. The zero-order valence-corrected chi connectivity index (χ0v) is 17.0. The van der Waals surface area contributed by atoms with Gasteiger partial charge in [-0.05, 0) is 70.9 Å². The molecule has 25 heavy (non-hydrogen) atoms. The third-order valence-corrected chi connectivity index (χ3v) is 5.21. The molecule has 2 rings (SSSR count). The highest BCUT2D eigenvalue weighted by Crippen LogP contribution is 2.25. The van der Waals surface area contributed by atoms with E-state index in [1.807, 2.05) is 49.4 Å². The number of carbonyl (C=O) groups excluding carboxylic acids is 1. The number of hydrogen-bond donors (Lipinski definition) is 1. The van der Waals surface area contributed by atoms with Crippen LogP contribution in [0.25, 0.3) is 0 Å². The van der Waals surface area contributed by atoms with Crippen molar-refractivity contribution in [1.29, 1.82) is 0 Å². The van der Waals surface area contributed by atoms with Crippen molar-refractivity contribution in [2.75, 3.05) is 12.9 Å². The number of carbonyl (C=O) groups is 1. The lowest BCUT2D eigenvalue weighted by Crippen LogP contribution is -2.19. The van der Waals surface area contributed by atoms with Crippen LogP contribution in [0.1, 0.15) is 18.9 Å². The zero-order chi connectivity index (χ0) is 18.2. The Morgan fingerprint density at radius 1 is 1.28 bits per heavy atom. The van der Waals surface area contributed by atoms with Gasteiger partial charge in [-0.25, -0.2) is 5.43 Å². The third-order valence-electron chi connectivity index (χ3n) is 3.33. The molecule has 1 N–H and O–H groups in total. The minimum Gasteiger partial charge on any atom is -0.496 e. The Morgan fingerprint density at radius 2 is 2.00 bits per heavy atom. The maximum Gasteiger partial charge on any atom is 0.240 e. The summed E-state index contributed by atoms with van der Waals surface area (Å²) >= 11 is 10.9. The van der Waals surface area contributed by atoms with Crippen LogP contribution in [0.3, 0.4) is 0 Å². The van der Waals surface area contributed by atoms with Gasteiger partial charge in [-0.3, -0.25) is 4.79 Å². The van der Waals surface area contributed by atoms with Gasteiger partial charge in [0.15, 0.2) is 0 Å². The molecule has 1 amide bonds. The summed E-state index contributed by atoms with van der Waals surface area (Å²) in [6.07, 6.45) is 0.385. The highest BCUT2D eigenvalue weighted by atomic mass is 79.9. The van der Waals surface area contributed by atoms with E-state index in [2.05, 4.69) is 26.5 Å². The molecule has 0 atom stereocenters. The quantitative estimate of drug-likeness (QED) is 0.368. The molecule has 132 valence electrons. The van der Waals surface area contributed by atoms with Gasteiger partial charge in [-0.15, -0.1) is 11.8 Å². The summed E-state index contributed by atoms with van der Waals surface area (Å²) in [5.74, 6) is 1.31. The second kappa shape index (κ2) is 9.85. The largest absolute Gasteiger partial charge is 0.496 e. The van der Waals surface area contributed by atoms with Crippen molar-refractivity contribution in [1.82, 2.24) is 5.43 Å². The van der Waals surface area contributed by atoms with Gasteiger partial charge < -0.3 is 4.74 Å². The number of nitrogens with zero attached hydrogens (tertiary/aromatic N) is 1. The van der Waals surface area contributed by atoms with Gasteiger partial charge >= 0.3 is 0 Å². The van der Waals surface area contributed by atoms with Gasteiger partial charge in [0.05, 0.1) is 17.3 Å². The number of hydrazone groups is 1. The Labute approximate surface area is 165 Å². The van der Waals surface area contributed by atoms with Crippen molar-refractivity contribution in [3.05, 3.63) is 57.5 Å². The van der Waals surface area contributed by atoms with Crippen LogP contribution in [0.5, 0.6) is 5.75 Å². The lowest BCUT2D eigenvalue weighted by Gasteiger charge is -2.07. The van der Waals surface area contributed by atoms with Crippen LogP contribution in [0, 0.1) is 0 Å². The van der Waals surface area contributed by atoms with E-state index in [9.17, 15) is 4.79 Å². The van der Waals surface area contributed by atoms with E-state index in [4.69, 9.17) is 16.3 Å². The zero-order valence-electron chi connectivity index (χ0n) is 13.9. The number of amides is 1. The van der Waals surface area contributed by atoms with Crippen LogP contribution in [-0.2, 0) is 4.79 Å². The Kier molecular flexibility index (Phi) is 7.81. The second-order valence-electron chi connectivity index (χ2n) is 5.13. The standard InChI is InChI=1S/C18H18BrClN2O2S/c1-12(13-3-8-17(24-2)16(19)11-13)21-22-18(23)9-10-25-15-6-4-14(20)5-7-15/h3-8,11H,9-10H2,1-2H3,(H,22,23). The first-order valence-corrected chi connectivity index (χ1v) is 9.70. The van der Waals surface area contributed by atoms with E-state index < -0.39 is 0 Å². The molecule has 0 aromatic heterocycles. The van der Waals surface area contributed by atoms with E-state index in [1.165, 1.54) is 0 Å². The SMILES string of the molecule is COc1ccc(C(C)=NNC(=O)CCSc2ccc(Cl)cc2)cc1Br. The van der Waals surface area contributed by atoms with Gasteiger partial charge in [0.1, 0.15) is 5.75 Å². The molecular formula is C18H18BrClN2O2S. The topological polar surface area (TPSA) is 50.7 Å². The fraction of sp³-hybridized carbons (Fsp3) is 0.222. The first-order chi connectivity index (χ1) is 12.0. The van der Waals surface area contributed by atoms with Crippen LogP contribution >= 0.6 is 39.3 Å². The number of rotatable bonds is 7. The van der Waals surface area contributed by atoms with E-state index in [0.717, 1.165) is 26.4 Å². The predicted octanol–water partition coefficient (Wildman–Crippen LogP) is 5.13. The molecule has 0 fully saturated rings. The van der Waals surface area contributed by atoms with Crippen LogP contribution < -0.4 is 10.2 Å². The third kappa shape index (κ3) is 6.38. The maximum atomic E-state index is 11.9. The molecule has 0 heterocycles. The Morgan fingerprint density at radius 3 is 2.64 bits per heavy atom. The number of benzene rings is 2. The molecule has 2 aromatic rings. The Balaban J connectivity index is 1.82. The van der Waals surface area contributed by atoms with Gasteiger partial charge in [-0.1, -0.05) is 11.6 Å². The number of nitrogens with one attached hydrogen (secondary N) is 1. The fourth-order valence-electron chi connectivity index (χ4n) is 1.95. The normalized spacial score (nSPS) is 11.3. The number of thioether (sulfide) groups is 1.